The molecule has 3 heteroatoms. The summed E-state index contributed by atoms with van der Waals surface area (Å²) in [5.41, 5.74) is 3.30. The monoisotopic (exact) mass is 351 g/mol. The van der Waals surface area contributed by atoms with Gasteiger partial charge in [-0.05, 0) is 78.4 Å². The van der Waals surface area contributed by atoms with Gasteiger partial charge in [0.25, 0.3) is 0 Å². The number of carbonyl (C=O) groups is 1. The van der Waals surface area contributed by atoms with E-state index in [4.69, 9.17) is 4.74 Å². The second-order valence-electron chi connectivity index (χ2n) is 9.57. The molecular formula is C23H29NO2. The van der Waals surface area contributed by atoms with Crippen LogP contribution in [-0.2, 0) is 9.53 Å². The Morgan fingerprint density at radius 2 is 2.08 bits per heavy atom. The van der Waals surface area contributed by atoms with E-state index in [2.05, 4.69) is 37.0 Å². The van der Waals surface area contributed by atoms with Crippen molar-refractivity contribution in [3.8, 4) is 0 Å². The molecule has 1 aromatic rings. The highest BCUT2D eigenvalue weighted by molar-refractivity contribution is 5.72. The Balaban J connectivity index is 1.45. The predicted molar refractivity (Wildman–Crippen MR) is 101 cm³/mol. The largest absolute Gasteiger partial charge is 0.465 e. The molecule has 1 aromatic heterocycles. The van der Waals surface area contributed by atoms with E-state index in [0.717, 1.165) is 11.8 Å². The molecule has 3 nitrogen and oxygen atoms in total. The summed E-state index contributed by atoms with van der Waals surface area (Å²) < 4.78 is 5.57. The molecule has 26 heavy (non-hydrogen) atoms. The number of rotatable bonds is 1. The molecule has 6 unspecified atom stereocenters. The fourth-order valence-electron chi connectivity index (χ4n) is 7.13. The van der Waals surface area contributed by atoms with Crippen molar-refractivity contribution < 1.29 is 9.53 Å². The third kappa shape index (κ3) is 2.18. The van der Waals surface area contributed by atoms with Crippen LogP contribution in [-0.4, -0.2) is 17.6 Å². The van der Waals surface area contributed by atoms with E-state index in [1.165, 1.54) is 43.2 Å². The van der Waals surface area contributed by atoms with Gasteiger partial charge in [0.2, 0.25) is 0 Å². The van der Waals surface area contributed by atoms with E-state index in [1.54, 1.807) is 0 Å². The van der Waals surface area contributed by atoms with Crippen molar-refractivity contribution in [2.45, 2.75) is 52.4 Å². The zero-order valence-corrected chi connectivity index (χ0v) is 15.9. The number of pyridine rings is 1. The van der Waals surface area contributed by atoms with Gasteiger partial charge in [0, 0.05) is 24.2 Å². The average molecular weight is 351 g/mol. The quantitative estimate of drug-likeness (QED) is 0.677. The maximum Gasteiger partial charge on any atom is 0.306 e. The number of ether oxygens (including phenoxy) is 1. The van der Waals surface area contributed by atoms with Gasteiger partial charge in [-0.15, -0.1) is 0 Å². The number of hydrogen-bond acceptors (Lipinski definition) is 3. The molecule has 0 spiro atoms. The second-order valence-corrected chi connectivity index (χ2v) is 9.57. The van der Waals surface area contributed by atoms with Gasteiger partial charge in [0.15, 0.2) is 0 Å². The van der Waals surface area contributed by atoms with Gasteiger partial charge < -0.3 is 4.74 Å². The van der Waals surface area contributed by atoms with Crippen LogP contribution < -0.4 is 0 Å². The molecule has 2 saturated carbocycles. The van der Waals surface area contributed by atoms with Gasteiger partial charge >= 0.3 is 5.97 Å². The van der Waals surface area contributed by atoms with Crippen molar-refractivity contribution in [3.05, 3.63) is 36.2 Å². The molecule has 0 N–H and O–H groups in total. The Bertz CT molecular complexity index is 757. The van der Waals surface area contributed by atoms with E-state index in [1.807, 2.05) is 12.4 Å². The lowest BCUT2D eigenvalue weighted by Crippen LogP contribution is -2.55. The molecule has 3 fully saturated rings. The van der Waals surface area contributed by atoms with Gasteiger partial charge in [0.05, 0.1) is 6.61 Å². The molecule has 138 valence electrons. The number of carbonyl (C=O) groups excluding carboxylic acids is 1. The van der Waals surface area contributed by atoms with Gasteiger partial charge in [0.1, 0.15) is 0 Å². The number of aromatic nitrogens is 1. The lowest BCUT2D eigenvalue weighted by atomic mass is 9.46. The first-order chi connectivity index (χ1) is 12.5. The molecule has 0 aromatic carbocycles. The Kier molecular flexibility index (Phi) is 3.61. The van der Waals surface area contributed by atoms with Crippen molar-refractivity contribution in [1.29, 1.82) is 0 Å². The molecule has 4 aliphatic rings. The first kappa shape index (κ1) is 16.5. The van der Waals surface area contributed by atoms with Crippen molar-refractivity contribution in [2.24, 2.45) is 34.5 Å². The van der Waals surface area contributed by atoms with E-state index >= 15 is 0 Å². The summed E-state index contributed by atoms with van der Waals surface area (Å²) in [6, 6.07) is 4.28. The summed E-state index contributed by atoms with van der Waals surface area (Å²) in [6.07, 6.45) is 13.2. The van der Waals surface area contributed by atoms with Crippen LogP contribution in [0.5, 0.6) is 0 Å². The van der Waals surface area contributed by atoms with Crippen molar-refractivity contribution in [1.82, 2.24) is 4.98 Å². The molecule has 5 rings (SSSR count). The highest BCUT2D eigenvalue weighted by Gasteiger charge is 2.59. The summed E-state index contributed by atoms with van der Waals surface area (Å²) in [7, 11) is 0. The van der Waals surface area contributed by atoms with E-state index in [-0.39, 0.29) is 16.8 Å². The smallest absolute Gasteiger partial charge is 0.306 e. The van der Waals surface area contributed by atoms with Crippen molar-refractivity contribution >= 4 is 11.5 Å². The van der Waals surface area contributed by atoms with E-state index in [0.29, 0.717) is 24.9 Å². The molecule has 0 amide bonds. The van der Waals surface area contributed by atoms with Gasteiger partial charge in [-0.1, -0.05) is 26.0 Å². The number of cyclic esters (lactones) is 1. The lowest BCUT2D eigenvalue weighted by molar-refractivity contribution is -0.178. The number of nitrogens with zero attached hydrogens (tertiary/aromatic N) is 1. The molecule has 0 radical (unpaired) electrons. The highest BCUT2D eigenvalue weighted by atomic mass is 16.5. The Labute approximate surface area is 156 Å². The van der Waals surface area contributed by atoms with Crippen LogP contribution in [0.15, 0.2) is 30.6 Å². The number of hydrogen-bond donors (Lipinski definition) is 0. The summed E-state index contributed by atoms with van der Waals surface area (Å²) in [6.45, 7) is 5.55. The van der Waals surface area contributed by atoms with E-state index < -0.39 is 0 Å². The van der Waals surface area contributed by atoms with Crippen LogP contribution in [0, 0.1) is 34.5 Å². The Hall–Kier alpha value is -1.64. The Morgan fingerprint density at radius 1 is 1.19 bits per heavy atom. The van der Waals surface area contributed by atoms with Gasteiger partial charge in [-0.2, -0.15) is 0 Å². The summed E-state index contributed by atoms with van der Waals surface area (Å²) in [4.78, 5) is 16.2. The van der Waals surface area contributed by atoms with Crippen LogP contribution in [0.1, 0.15) is 57.9 Å². The van der Waals surface area contributed by atoms with E-state index in [9.17, 15) is 4.79 Å². The molecule has 2 heterocycles. The van der Waals surface area contributed by atoms with Crippen LogP contribution >= 0.6 is 0 Å². The predicted octanol–water partition coefficient (Wildman–Crippen LogP) is 4.88. The number of fused-ring (bicyclic) bond motifs is 5. The van der Waals surface area contributed by atoms with Crippen molar-refractivity contribution in [3.63, 3.8) is 0 Å². The third-order valence-corrected chi connectivity index (χ3v) is 8.58. The third-order valence-electron chi connectivity index (χ3n) is 8.58. The summed E-state index contributed by atoms with van der Waals surface area (Å²) >= 11 is 0. The van der Waals surface area contributed by atoms with Crippen molar-refractivity contribution in [2.75, 3.05) is 6.61 Å². The van der Waals surface area contributed by atoms with Gasteiger partial charge in [-0.25, -0.2) is 0 Å². The normalized spacial score (nSPS) is 44.4. The minimum absolute atomic E-state index is 0.0213. The highest BCUT2D eigenvalue weighted by Crippen LogP contribution is 2.66. The zero-order valence-electron chi connectivity index (χ0n) is 15.9. The maximum atomic E-state index is 11.8. The Morgan fingerprint density at radius 3 is 2.88 bits per heavy atom. The zero-order chi connectivity index (χ0) is 17.9. The lowest BCUT2D eigenvalue weighted by Gasteiger charge is -2.59. The van der Waals surface area contributed by atoms with Crippen LogP contribution in [0.3, 0.4) is 0 Å². The second kappa shape index (κ2) is 5.68. The molecule has 1 saturated heterocycles. The maximum absolute atomic E-state index is 11.8. The standard InChI is InChI=1S/C23H29NO2/c1-22-10-9-20-17(6-5-16-12-21(25)26-14-23(16,20)2)19(22)8-7-18(22)15-4-3-11-24-13-15/h3-4,7,11,13,16-17,19-20H,5-6,8-10,12,14H2,1-2H3. The van der Waals surface area contributed by atoms with Gasteiger partial charge in [-0.3, -0.25) is 9.78 Å². The molecule has 1 aliphatic heterocycles. The molecule has 6 atom stereocenters. The molecular weight excluding hydrogens is 322 g/mol. The number of allylic oxidation sites excluding steroid dienone is 2. The SMILES string of the molecule is CC12CCC3C(CCC4CC(=O)OCC43C)C1CC=C2c1cccnc1. The summed E-state index contributed by atoms with van der Waals surface area (Å²) in [5.74, 6) is 2.74. The first-order valence-corrected chi connectivity index (χ1v) is 10.3. The summed E-state index contributed by atoms with van der Waals surface area (Å²) in [5, 5.41) is 0. The topological polar surface area (TPSA) is 39.2 Å². The fourth-order valence-corrected chi connectivity index (χ4v) is 7.13. The molecule has 0 bridgehead atoms. The minimum Gasteiger partial charge on any atom is -0.465 e. The molecule has 3 aliphatic carbocycles. The van der Waals surface area contributed by atoms with Crippen LogP contribution in [0.25, 0.3) is 5.57 Å². The van der Waals surface area contributed by atoms with Crippen LogP contribution in [0.2, 0.25) is 0 Å². The van der Waals surface area contributed by atoms with Crippen LogP contribution in [0.4, 0.5) is 0 Å². The number of esters is 1. The fraction of sp³-hybridized carbons (Fsp3) is 0.652. The average Bonchev–Trinajstić information content (AvgIpc) is 3.00. The first-order valence-electron chi connectivity index (χ1n) is 10.3. The minimum atomic E-state index is 0.0213.